The Labute approximate surface area is 193 Å². The van der Waals surface area contributed by atoms with Crippen molar-refractivity contribution in [2.45, 2.75) is 38.5 Å². The molecule has 0 bridgehead atoms. The topological polar surface area (TPSA) is 70.6 Å². The molecule has 0 unspecified atom stereocenters. The molecule has 1 amide bonds. The van der Waals surface area contributed by atoms with Crippen molar-refractivity contribution in [3.63, 3.8) is 0 Å². The maximum Gasteiger partial charge on any atom is 0.243 e. The van der Waals surface area contributed by atoms with Crippen LogP contribution in [0.4, 0.5) is 10.8 Å². The van der Waals surface area contributed by atoms with Crippen LogP contribution < -0.4 is 4.90 Å². The fourth-order valence-electron chi connectivity index (χ4n) is 3.90. The van der Waals surface area contributed by atoms with E-state index in [0.717, 1.165) is 22.5 Å². The van der Waals surface area contributed by atoms with E-state index in [1.54, 1.807) is 17.0 Å². The number of carbonyl (C=O) groups excluding carboxylic acids is 1. The van der Waals surface area contributed by atoms with Gasteiger partial charge in [0, 0.05) is 24.4 Å². The van der Waals surface area contributed by atoms with Crippen LogP contribution in [0.3, 0.4) is 0 Å². The molecule has 0 atom stereocenters. The van der Waals surface area contributed by atoms with Crippen LogP contribution in [-0.2, 0) is 14.8 Å². The van der Waals surface area contributed by atoms with Crippen LogP contribution in [-0.4, -0.2) is 36.7 Å². The Morgan fingerprint density at radius 3 is 2.31 bits per heavy atom. The highest BCUT2D eigenvalue weighted by atomic mass is 32.2. The number of benzene rings is 2. The fourth-order valence-corrected chi connectivity index (χ4v) is 6.28. The zero-order chi connectivity index (χ0) is 22.9. The molecule has 6 nitrogen and oxygen atoms in total. The van der Waals surface area contributed by atoms with Gasteiger partial charge in [0.05, 0.1) is 16.3 Å². The lowest BCUT2D eigenvalue weighted by atomic mass is 9.96. The summed E-state index contributed by atoms with van der Waals surface area (Å²) < 4.78 is 27.8. The number of anilines is 2. The summed E-state index contributed by atoms with van der Waals surface area (Å²) in [6.07, 6.45) is 0.965. The number of hydrogen-bond acceptors (Lipinski definition) is 5. The fraction of sp³-hybridized carbons (Fsp3) is 0.333. The highest BCUT2D eigenvalue weighted by molar-refractivity contribution is 7.89. The van der Waals surface area contributed by atoms with Crippen LogP contribution in [0.1, 0.15) is 29.7 Å². The summed E-state index contributed by atoms with van der Waals surface area (Å²) in [7, 11) is -3.57. The Morgan fingerprint density at radius 2 is 1.72 bits per heavy atom. The summed E-state index contributed by atoms with van der Waals surface area (Å²) in [5.74, 6) is -0.292. The Hall–Kier alpha value is -2.55. The predicted octanol–water partition coefficient (Wildman–Crippen LogP) is 4.83. The molecular formula is C24H27N3O3S2. The molecule has 1 aromatic heterocycles. The minimum Gasteiger partial charge on any atom is -0.274 e. The van der Waals surface area contributed by atoms with Crippen molar-refractivity contribution in [2.75, 3.05) is 18.0 Å². The number of carbonyl (C=O) groups is 1. The summed E-state index contributed by atoms with van der Waals surface area (Å²) in [6, 6.07) is 14.7. The lowest BCUT2D eigenvalue weighted by molar-refractivity contribution is -0.122. The smallest absolute Gasteiger partial charge is 0.243 e. The molecule has 0 radical (unpaired) electrons. The molecule has 0 N–H and O–H groups in total. The Balaban J connectivity index is 1.52. The molecule has 2 heterocycles. The second-order valence-electron chi connectivity index (χ2n) is 8.21. The number of hydrogen-bond donors (Lipinski definition) is 0. The van der Waals surface area contributed by atoms with E-state index in [1.165, 1.54) is 15.6 Å². The first-order chi connectivity index (χ1) is 15.3. The monoisotopic (exact) mass is 469 g/mol. The third-order valence-electron chi connectivity index (χ3n) is 5.95. The van der Waals surface area contributed by atoms with Gasteiger partial charge in [0.25, 0.3) is 0 Å². The lowest BCUT2D eigenvalue weighted by Crippen LogP contribution is -2.43. The lowest BCUT2D eigenvalue weighted by Gasteiger charge is -2.33. The maximum atomic E-state index is 13.5. The molecule has 3 aromatic rings. The standard InChI is InChI=1S/C24H27N3O3S2/c1-17-9-10-22(15-18(17)2)32(29,30)26-13-11-20(12-14-26)23(28)27(21-7-5-4-6-8-21)24-25-19(3)16-31-24/h4-10,15-16,20H,11-14H2,1-3H3. The first-order valence-corrected chi connectivity index (χ1v) is 13.0. The number of para-hydroxylation sites is 1. The number of nitrogens with zero attached hydrogens (tertiary/aromatic N) is 3. The van der Waals surface area contributed by atoms with Gasteiger partial charge in [0.1, 0.15) is 0 Å². The first-order valence-electron chi connectivity index (χ1n) is 10.7. The number of piperidine rings is 1. The molecule has 0 aliphatic carbocycles. The molecule has 1 aliphatic heterocycles. The van der Waals surface area contributed by atoms with E-state index >= 15 is 0 Å². The van der Waals surface area contributed by atoms with E-state index in [9.17, 15) is 13.2 Å². The van der Waals surface area contributed by atoms with Crippen molar-refractivity contribution in [3.05, 3.63) is 70.7 Å². The van der Waals surface area contributed by atoms with Gasteiger partial charge in [-0.25, -0.2) is 13.4 Å². The molecule has 0 saturated carbocycles. The van der Waals surface area contributed by atoms with Crippen molar-refractivity contribution >= 4 is 38.1 Å². The summed E-state index contributed by atoms with van der Waals surface area (Å²) in [5.41, 5.74) is 3.66. The Bertz CT molecular complexity index is 1210. The van der Waals surface area contributed by atoms with Gasteiger partial charge in [-0.3, -0.25) is 9.69 Å². The molecule has 2 aromatic carbocycles. The number of aryl methyl sites for hydroxylation is 3. The van der Waals surface area contributed by atoms with E-state index in [4.69, 9.17) is 0 Å². The third-order valence-corrected chi connectivity index (χ3v) is 8.79. The van der Waals surface area contributed by atoms with Crippen molar-refractivity contribution in [3.8, 4) is 0 Å². The molecule has 0 spiro atoms. The number of sulfonamides is 1. The van der Waals surface area contributed by atoms with E-state index in [2.05, 4.69) is 4.98 Å². The van der Waals surface area contributed by atoms with Crippen LogP contribution >= 0.6 is 11.3 Å². The van der Waals surface area contributed by atoms with Crippen molar-refractivity contribution in [1.29, 1.82) is 0 Å². The highest BCUT2D eigenvalue weighted by Gasteiger charge is 2.35. The number of thiazole rings is 1. The minimum absolute atomic E-state index is 0.0335. The zero-order valence-electron chi connectivity index (χ0n) is 18.5. The quantitative estimate of drug-likeness (QED) is 0.536. The second-order valence-corrected chi connectivity index (χ2v) is 11.0. The van der Waals surface area contributed by atoms with Crippen molar-refractivity contribution in [2.24, 2.45) is 5.92 Å². The number of rotatable bonds is 5. The normalized spacial score (nSPS) is 15.6. The minimum atomic E-state index is -3.57. The SMILES string of the molecule is Cc1csc(N(C(=O)C2CCN(S(=O)(=O)c3ccc(C)c(C)c3)CC2)c2ccccc2)n1. The van der Waals surface area contributed by atoms with Gasteiger partial charge < -0.3 is 0 Å². The maximum absolute atomic E-state index is 13.5. The van der Waals surface area contributed by atoms with Crippen LogP contribution in [0.2, 0.25) is 0 Å². The zero-order valence-corrected chi connectivity index (χ0v) is 20.1. The van der Waals surface area contributed by atoms with E-state index in [1.807, 2.05) is 62.5 Å². The first kappa shape index (κ1) is 22.6. The summed E-state index contributed by atoms with van der Waals surface area (Å²) in [5, 5.41) is 2.57. The summed E-state index contributed by atoms with van der Waals surface area (Å²) >= 11 is 1.44. The number of aromatic nitrogens is 1. The molecule has 32 heavy (non-hydrogen) atoms. The van der Waals surface area contributed by atoms with Crippen LogP contribution in [0.15, 0.2) is 58.8 Å². The van der Waals surface area contributed by atoms with E-state index in [0.29, 0.717) is 36.0 Å². The third kappa shape index (κ3) is 4.48. The summed E-state index contributed by atoms with van der Waals surface area (Å²) in [4.78, 5) is 20.1. The number of amides is 1. The van der Waals surface area contributed by atoms with Gasteiger partial charge in [-0.2, -0.15) is 4.31 Å². The van der Waals surface area contributed by atoms with Crippen molar-refractivity contribution < 1.29 is 13.2 Å². The van der Waals surface area contributed by atoms with E-state index in [-0.39, 0.29) is 11.8 Å². The van der Waals surface area contributed by atoms with E-state index < -0.39 is 10.0 Å². The van der Waals surface area contributed by atoms with Crippen molar-refractivity contribution in [1.82, 2.24) is 9.29 Å². The predicted molar refractivity (Wildman–Crippen MR) is 128 cm³/mol. The average Bonchev–Trinajstić information content (AvgIpc) is 3.22. The van der Waals surface area contributed by atoms with Gasteiger partial charge in [0.15, 0.2) is 5.13 Å². The van der Waals surface area contributed by atoms with Crippen LogP contribution in [0, 0.1) is 26.7 Å². The Morgan fingerprint density at radius 1 is 1.03 bits per heavy atom. The molecule has 8 heteroatoms. The largest absolute Gasteiger partial charge is 0.274 e. The second kappa shape index (κ2) is 9.13. The van der Waals surface area contributed by atoms with Crippen LogP contribution in [0.25, 0.3) is 0 Å². The average molecular weight is 470 g/mol. The highest BCUT2D eigenvalue weighted by Crippen LogP contribution is 2.33. The molecule has 1 aliphatic rings. The van der Waals surface area contributed by atoms with Gasteiger partial charge >= 0.3 is 0 Å². The molecule has 168 valence electrons. The Kier molecular flexibility index (Phi) is 6.46. The van der Waals surface area contributed by atoms with Gasteiger partial charge in [-0.05, 0) is 69.0 Å². The van der Waals surface area contributed by atoms with Gasteiger partial charge in [-0.15, -0.1) is 11.3 Å². The van der Waals surface area contributed by atoms with Gasteiger partial charge in [-0.1, -0.05) is 24.3 Å². The molecule has 1 saturated heterocycles. The summed E-state index contributed by atoms with van der Waals surface area (Å²) in [6.45, 7) is 6.43. The molecule has 1 fully saturated rings. The molecular weight excluding hydrogens is 442 g/mol. The van der Waals surface area contributed by atoms with Crippen LogP contribution in [0.5, 0.6) is 0 Å². The molecule has 4 rings (SSSR count). The van der Waals surface area contributed by atoms with Gasteiger partial charge in [0.2, 0.25) is 15.9 Å².